The number of hydrogen-bond donors (Lipinski definition) is 0. The molecule has 112 valence electrons. The quantitative estimate of drug-likeness (QED) is 0.697. The first kappa shape index (κ1) is 14.4. The molecule has 0 bridgehead atoms. The zero-order valence-electron chi connectivity index (χ0n) is 11.9. The van der Waals surface area contributed by atoms with Gasteiger partial charge in [-0.1, -0.05) is 17.4 Å². The number of aromatic nitrogens is 3. The molecule has 0 radical (unpaired) electrons. The van der Waals surface area contributed by atoms with Crippen molar-refractivity contribution in [3.63, 3.8) is 0 Å². The lowest BCUT2D eigenvalue weighted by atomic mass is 10.3. The van der Waals surface area contributed by atoms with Gasteiger partial charge in [0.2, 0.25) is 0 Å². The van der Waals surface area contributed by atoms with Crippen LogP contribution in [0.4, 0.5) is 4.39 Å². The van der Waals surface area contributed by atoms with Crippen LogP contribution in [0.2, 0.25) is 0 Å². The Labute approximate surface area is 129 Å². The Morgan fingerprint density at radius 2 is 2.32 bits per heavy atom. The van der Waals surface area contributed by atoms with Gasteiger partial charge in [-0.2, -0.15) is 10.1 Å². The topological polar surface area (TPSA) is 52.2 Å². The highest BCUT2D eigenvalue weighted by Crippen LogP contribution is 2.18. The zero-order valence-corrected chi connectivity index (χ0v) is 12.7. The van der Waals surface area contributed by atoms with Crippen molar-refractivity contribution < 1.29 is 9.18 Å². The second-order valence-corrected chi connectivity index (χ2v) is 5.66. The van der Waals surface area contributed by atoms with Gasteiger partial charge in [0.05, 0.1) is 10.2 Å². The monoisotopic (exact) mass is 316 g/mol. The highest BCUT2D eigenvalue weighted by Gasteiger charge is 2.11. The smallest absolute Gasteiger partial charge is 0.297 e. The maximum Gasteiger partial charge on any atom is 0.297 e. The normalized spacial score (nSPS) is 12.0. The fourth-order valence-corrected chi connectivity index (χ4v) is 3.23. The summed E-state index contributed by atoms with van der Waals surface area (Å²) in [5, 5.41) is 3.96. The molecule has 1 aromatic carbocycles. The van der Waals surface area contributed by atoms with Crippen molar-refractivity contribution in [1.29, 1.82) is 0 Å². The Morgan fingerprint density at radius 1 is 1.50 bits per heavy atom. The van der Waals surface area contributed by atoms with Gasteiger partial charge in [0.15, 0.2) is 4.80 Å². The molecule has 3 rings (SSSR count). The fourth-order valence-electron chi connectivity index (χ4n) is 2.17. The van der Waals surface area contributed by atoms with Gasteiger partial charge in [0.1, 0.15) is 11.5 Å². The van der Waals surface area contributed by atoms with Crippen LogP contribution in [0.3, 0.4) is 0 Å². The Bertz CT molecular complexity index is 935. The van der Waals surface area contributed by atoms with Crippen molar-refractivity contribution in [3.05, 3.63) is 59.4 Å². The summed E-state index contributed by atoms with van der Waals surface area (Å²) in [6.07, 6.45) is 3.25. The largest absolute Gasteiger partial charge is 0.312 e. The van der Waals surface area contributed by atoms with Gasteiger partial charge >= 0.3 is 0 Å². The molecule has 0 aliphatic rings. The van der Waals surface area contributed by atoms with E-state index in [1.165, 1.54) is 28.2 Å². The van der Waals surface area contributed by atoms with Crippen LogP contribution >= 0.6 is 11.3 Å². The van der Waals surface area contributed by atoms with Gasteiger partial charge in [0, 0.05) is 19.8 Å². The van der Waals surface area contributed by atoms with Crippen molar-refractivity contribution in [3.8, 4) is 0 Å². The number of thiazole rings is 1. The third-order valence-electron chi connectivity index (χ3n) is 3.19. The third-order valence-corrected chi connectivity index (χ3v) is 4.23. The van der Waals surface area contributed by atoms with Gasteiger partial charge in [-0.05, 0) is 24.3 Å². The summed E-state index contributed by atoms with van der Waals surface area (Å²) in [5.41, 5.74) is 1.22. The molecule has 22 heavy (non-hydrogen) atoms. The van der Waals surface area contributed by atoms with Crippen LogP contribution in [0, 0.1) is 5.82 Å². The fraction of sp³-hybridized carbons (Fsp3) is 0.133. The Morgan fingerprint density at radius 3 is 3.00 bits per heavy atom. The summed E-state index contributed by atoms with van der Waals surface area (Å²) >= 11 is 1.27. The average molecular weight is 316 g/mol. The third kappa shape index (κ3) is 2.50. The second-order valence-electron chi connectivity index (χ2n) is 4.65. The molecule has 0 N–H and O–H groups in total. The molecule has 0 unspecified atom stereocenters. The van der Waals surface area contributed by atoms with E-state index < -0.39 is 0 Å². The summed E-state index contributed by atoms with van der Waals surface area (Å²) in [7, 11) is 1.68. The molecule has 7 heteroatoms. The Kier molecular flexibility index (Phi) is 3.72. The molecule has 2 heterocycles. The van der Waals surface area contributed by atoms with E-state index in [2.05, 4.69) is 16.7 Å². The van der Waals surface area contributed by atoms with Crippen LogP contribution in [0.1, 0.15) is 10.5 Å². The molecule has 5 nitrogen and oxygen atoms in total. The Balaban J connectivity index is 2.19. The van der Waals surface area contributed by atoms with Crippen molar-refractivity contribution in [2.24, 2.45) is 12.0 Å². The predicted octanol–water partition coefficient (Wildman–Crippen LogP) is 2.50. The number of rotatable bonds is 3. The van der Waals surface area contributed by atoms with Crippen LogP contribution in [-0.4, -0.2) is 20.3 Å². The Hall–Kier alpha value is -2.54. The van der Waals surface area contributed by atoms with Crippen LogP contribution in [0.15, 0.2) is 48.1 Å². The summed E-state index contributed by atoms with van der Waals surface area (Å²) in [4.78, 5) is 16.9. The highest BCUT2D eigenvalue weighted by molar-refractivity contribution is 7.16. The molecule has 0 aliphatic carbocycles. The minimum Gasteiger partial charge on any atom is -0.312 e. The second kappa shape index (κ2) is 5.69. The van der Waals surface area contributed by atoms with Crippen LogP contribution < -0.4 is 4.80 Å². The molecule has 3 aromatic rings. The first-order valence-electron chi connectivity index (χ1n) is 6.57. The molecule has 0 aliphatic heterocycles. The van der Waals surface area contributed by atoms with Crippen molar-refractivity contribution >= 4 is 27.5 Å². The first-order chi connectivity index (χ1) is 10.6. The van der Waals surface area contributed by atoms with Crippen LogP contribution in [-0.2, 0) is 13.6 Å². The average Bonchev–Trinajstić information content (AvgIpc) is 3.03. The number of amides is 1. The van der Waals surface area contributed by atoms with Gasteiger partial charge in [-0.3, -0.25) is 9.48 Å². The molecular formula is C15H13FN4OS. The highest BCUT2D eigenvalue weighted by atomic mass is 32.1. The van der Waals surface area contributed by atoms with E-state index in [0.29, 0.717) is 17.0 Å². The van der Waals surface area contributed by atoms with Crippen molar-refractivity contribution in [2.45, 2.75) is 6.54 Å². The van der Waals surface area contributed by atoms with E-state index in [-0.39, 0.29) is 11.7 Å². The summed E-state index contributed by atoms with van der Waals surface area (Å²) in [6.45, 7) is 4.20. The summed E-state index contributed by atoms with van der Waals surface area (Å²) < 4.78 is 17.4. The zero-order chi connectivity index (χ0) is 15.7. The lowest BCUT2D eigenvalue weighted by Gasteiger charge is -2.00. The summed E-state index contributed by atoms with van der Waals surface area (Å²) in [5.74, 6) is -0.700. The van der Waals surface area contributed by atoms with Crippen LogP contribution in [0.25, 0.3) is 10.2 Å². The van der Waals surface area contributed by atoms with E-state index in [9.17, 15) is 9.18 Å². The minimum atomic E-state index is -0.384. The number of nitrogens with zero attached hydrogens (tertiary/aromatic N) is 4. The van der Waals surface area contributed by atoms with Gasteiger partial charge < -0.3 is 4.57 Å². The van der Waals surface area contributed by atoms with E-state index in [1.54, 1.807) is 31.5 Å². The molecule has 0 atom stereocenters. The number of hydrogen-bond acceptors (Lipinski definition) is 3. The van der Waals surface area contributed by atoms with Gasteiger partial charge in [-0.15, -0.1) is 6.58 Å². The minimum absolute atomic E-state index is 0.316. The van der Waals surface area contributed by atoms with E-state index in [4.69, 9.17) is 0 Å². The predicted molar refractivity (Wildman–Crippen MR) is 83.1 cm³/mol. The lowest BCUT2D eigenvalue weighted by Crippen LogP contribution is -2.17. The molecule has 1 amide bonds. The summed E-state index contributed by atoms with van der Waals surface area (Å²) in [6, 6.07) is 6.11. The van der Waals surface area contributed by atoms with Crippen LogP contribution in [0.5, 0.6) is 0 Å². The number of fused-ring (bicyclic) bond motifs is 1. The van der Waals surface area contributed by atoms with Gasteiger partial charge in [-0.25, -0.2) is 4.39 Å². The molecule has 0 saturated carbocycles. The lowest BCUT2D eigenvalue weighted by molar-refractivity contribution is 0.0989. The number of allylic oxidation sites excluding steroid dienone is 1. The van der Waals surface area contributed by atoms with E-state index >= 15 is 0 Å². The molecule has 2 aromatic heterocycles. The SMILES string of the molecule is C=CCn1c(=NC(=O)c2ccnn2C)sc2cc(F)ccc21. The molecule has 0 spiro atoms. The molecule has 0 saturated heterocycles. The maximum absolute atomic E-state index is 13.4. The number of carbonyl (C=O) groups is 1. The van der Waals surface area contributed by atoms with Crippen molar-refractivity contribution in [1.82, 2.24) is 14.3 Å². The number of carbonyl (C=O) groups excluding carboxylic acids is 1. The number of halogens is 1. The van der Waals surface area contributed by atoms with Crippen molar-refractivity contribution in [2.75, 3.05) is 0 Å². The molecule has 0 fully saturated rings. The van der Waals surface area contributed by atoms with E-state index in [1.807, 2.05) is 4.57 Å². The standard InChI is InChI=1S/C15H13FN4OS/c1-3-8-20-11-5-4-10(16)9-13(11)22-15(20)18-14(21)12-6-7-17-19(12)2/h3-7,9H,1,8H2,2H3. The maximum atomic E-state index is 13.4. The molecular weight excluding hydrogens is 303 g/mol. The van der Waals surface area contributed by atoms with Gasteiger partial charge in [0.25, 0.3) is 5.91 Å². The number of benzene rings is 1. The van der Waals surface area contributed by atoms with E-state index in [0.717, 1.165) is 10.2 Å². The number of aryl methyl sites for hydroxylation is 1. The first-order valence-corrected chi connectivity index (χ1v) is 7.38.